The summed E-state index contributed by atoms with van der Waals surface area (Å²) in [5.41, 5.74) is 3.15. The maximum atomic E-state index is 12.4. The number of nitrogens with one attached hydrogen (secondary N) is 1. The van der Waals surface area contributed by atoms with Crippen molar-refractivity contribution in [2.75, 3.05) is 12.5 Å². The first-order chi connectivity index (χ1) is 9.93. The second-order valence-electron chi connectivity index (χ2n) is 4.41. The Balaban J connectivity index is 2.21. The molecule has 0 unspecified atom stereocenters. The largest absolute Gasteiger partial charge is 0.308 e. The van der Waals surface area contributed by atoms with Gasteiger partial charge in [0.2, 0.25) is 10.0 Å². The van der Waals surface area contributed by atoms with E-state index in [9.17, 15) is 8.42 Å². The number of rotatable bonds is 5. The van der Waals surface area contributed by atoms with Gasteiger partial charge in [0.25, 0.3) is 0 Å². The molecule has 3 N–H and O–H groups in total. The summed E-state index contributed by atoms with van der Waals surface area (Å²) < 4.78 is 26.1. The van der Waals surface area contributed by atoms with Crippen LogP contribution in [0.25, 0.3) is 0 Å². The van der Waals surface area contributed by atoms with Gasteiger partial charge in [-0.25, -0.2) is 19.2 Å². The van der Waals surface area contributed by atoms with Crippen LogP contribution in [-0.4, -0.2) is 24.8 Å². The zero-order valence-electron chi connectivity index (χ0n) is 11.3. The van der Waals surface area contributed by atoms with Crippen LogP contribution < -0.4 is 11.3 Å². The molecule has 0 amide bonds. The van der Waals surface area contributed by atoms with Gasteiger partial charge in [-0.05, 0) is 29.8 Å². The molecule has 0 saturated heterocycles. The van der Waals surface area contributed by atoms with Gasteiger partial charge in [-0.1, -0.05) is 23.7 Å². The van der Waals surface area contributed by atoms with Crippen molar-refractivity contribution in [3.8, 4) is 0 Å². The second-order valence-corrected chi connectivity index (χ2v) is 6.90. The minimum absolute atomic E-state index is 0.103. The fourth-order valence-corrected chi connectivity index (χ4v) is 3.09. The van der Waals surface area contributed by atoms with E-state index in [0.29, 0.717) is 10.8 Å². The van der Waals surface area contributed by atoms with Gasteiger partial charge in [0.1, 0.15) is 10.7 Å². The maximum Gasteiger partial charge on any atom is 0.244 e. The number of pyridine rings is 1. The molecule has 0 bridgehead atoms. The quantitative estimate of drug-likeness (QED) is 0.646. The highest BCUT2D eigenvalue weighted by atomic mass is 35.5. The van der Waals surface area contributed by atoms with Gasteiger partial charge < -0.3 is 5.43 Å². The number of benzene rings is 1. The Morgan fingerprint density at radius 3 is 2.67 bits per heavy atom. The van der Waals surface area contributed by atoms with E-state index in [-0.39, 0.29) is 11.4 Å². The van der Waals surface area contributed by atoms with Crippen molar-refractivity contribution in [2.24, 2.45) is 5.84 Å². The molecular weight excluding hydrogens is 312 g/mol. The molecule has 2 aromatic rings. The molecule has 0 spiro atoms. The first-order valence-electron chi connectivity index (χ1n) is 6.07. The molecule has 1 aromatic heterocycles. The third-order valence-electron chi connectivity index (χ3n) is 2.89. The van der Waals surface area contributed by atoms with Crippen LogP contribution in [0.2, 0.25) is 5.02 Å². The van der Waals surface area contributed by atoms with E-state index >= 15 is 0 Å². The molecule has 0 aliphatic rings. The summed E-state index contributed by atoms with van der Waals surface area (Å²) in [4.78, 5) is 4.01. The van der Waals surface area contributed by atoms with Crippen molar-refractivity contribution < 1.29 is 8.42 Å². The fraction of sp³-hybridized carbons (Fsp3) is 0.154. The number of nitrogen functional groups attached to an aromatic ring is 1. The topological polar surface area (TPSA) is 88.3 Å². The van der Waals surface area contributed by atoms with Crippen LogP contribution in [0.5, 0.6) is 0 Å². The summed E-state index contributed by atoms with van der Waals surface area (Å²) >= 11 is 5.90. The first kappa shape index (κ1) is 15.7. The van der Waals surface area contributed by atoms with Crippen molar-refractivity contribution in [3.05, 3.63) is 53.2 Å². The molecule has 0 radical (unpaired) electrons. The van der Waals surface area contributed by atoms with E-state index in [1.165, 1.54) is 29.7 Å². The normalized spacial score (nSPS) is 11.6. The molecule has 6 nitrogen and oxygen atoms in total. The lowest BCUT2D eigenvalue weighted by Gasteiger charge is -2.17. The lowest BCUT2D eigenvalue weighted by Crippen LogP contribution is -2.26. The predicted octanol–water partition coefficient (Wildman–Crippen LogP) is 1.84. The summed E-state index contributed by atoms with van der Waals surface area (Å²) in [7, 11) is -2.11. The van der Waals surface area contributed by atoms with Crippen molar-refractivity contribution in [2.45, 2.75) is 11.4 Å². The lowest BCUT2D eigenvalue weighted by atomic mass is 10.2. The standard InChI is InChI=1S/C13H15ClN4O2S/c1-18(9-10-3-2-4-11(14)7-10)21(19,20)12-5-6-13(17-15)16-8-12/h2-8H,9,15H2,1H3,(H,16,17). The highest BCUT2D eigenvalue weighted by molar-refractivity contribution is 7.89. The average molecular weight is 327 g/mol. The summed E-state index contributed by atoms with van der Waals surface area (Å²) in [6.45, 7) is 0.222. The monoisotopic (exact) mass is 326 g/mol. The molecule has 0 saturated carbocycles. The number of hydrogen-bond donors (Lipinski definition) is 2. The zero-order chi connectivity index (χ0) is 15.5. The van der Waals surface area contributed by atoms with Crippen LogP contribution in [0.15, 0.2) is 47.5 Å². The zero-order valence-corrected chi connectivity index (χ0v) is 12.9. The minimum Gasteiger partial charge on any atom is -0.308 e. The Bertz CT molecular complexity index is 719. The number of hydrazine groups is 1. The van der Waals surface area contributed by atoms with E-state index in [0.717, 1.165) is 5.56 Å². The van der Waals surface area contributed by atoms with Crippen LogP contribution in [0.1, 0.15) is 5.56 Å². The number of hydrogen-bond acceptors (Lipinski definition) is 5. The number of anilines is 1. The van der Waals surface area contributed by atoms with E-state index in [1.54, 1.807) is 18.2 Å². The molecule has 0 fully saturated rings. The number of aromatic nitrogens is 1. The smallest absolute Gasteiger partial charge is 0.244 e. The third kappa shape index (κ3) is 3.70. The van der Waals surface area contributed by atoms with E-state index in [4.69, 9.17) is 17.4 Å². The molecular formula is C13H15ClN4O2S. The number of nitrogens with two attached hydrogens (primary N) is 1. The van der Waals surface area contributed by atoms with Crippen LogP contribution in [0, 0.1) is 0 Å². The average Bonchev–Trinajstić information content (AvgIpc) is 2.47. The van der Waals surface area contributed by atoms with Gasteiger partial charge in [0, 0.05) is 24.8 Å². The van der Waals surface area contributed by atoms with Crippen LogP contribution in [-0.2, 0) is 16.6 Å². The first-order valence-corrected chi connectivity index (χ1v) is 7.89. The van der Waals surface area contributed by atoms with Gasteiger partial charge >= 0.3 is 0 Å². The molecule has 0 aliphatic heterocycles. The van der Waals surface area contributed by atoms with Crippen molar-refractivity contribution in [1.29, 1.82) is 0 Å². The number of halogens is 1. The van der Waals surface area contributed by atoms with Crippen LogP contribution in [0.4, 0.5) is 5.82 Å². The Hall–Kier alpha value is -1.67. The summed E-state index contributed by atoms with van der Waals surface area (Å²) in [6, 6.07) is 10.0. The van der Waals surface area contributed by atoms with Crippen molar-refractivity contribution >= 4 is 27.4 Å². The third-order valence-corrected chi connectivity index (χ3v) is 4.91. The van der Waals surface area contributed by atoms with E-state index in [2.05, 4.69) is 10.4 Å². The van der Waals surface area contributed by atoms with Crippen molar-refractivity contribution in [3.63, 3.8) is 0 Å². The Morgan fingerprint density at radius 1 is 1.33 bits per heavy atom. The molecule has 1 heterocycles. The molecule has 0 aliphatic carbocycles. The summed E-state index contributed by atoms with van der Waals surface area (Å²) in [5.74, 6) is 5.60. The SMILES string of the molecule is CN(Cc1cccc(Cl)c1)S(=O)(=O)c1ccc(NN)nc1. The molecule has 0 atom stereocenters. The Kier molecular flexibility index (Phi) is 4.79. The molecule has 21 heavy (non-hydrogen) atoms. The van der Waals surface area contributed by atoms with Gasteiger partial charge in [0.05, 0.1) is 0 Å². The maximum absolute atomic E-state index is 12.4. The van der Waals surface area contributed by atoms with Crippen LogP contribution >= 0.6 is 11.6 Å². The molecule has 1 aromatic carbocycles. The van der Waals surface area contributed by atoms with E-state index in [1.807, 2.05) is 6.07 Å². The number of sulfonamides is 1. The predicted molar refractivity (Wildman–Crippen MR) is 82.2 cm³/mol. The van der Waals surface area contributed by atoms with Crippen LogP contribution in [0.3, 0.4) is 0 Å². The molecule has 2 rings (SSSR count). The van der Waals surface area contributed by atoms with Gasteiger partial charge in [-0.3, -0.25) is 0 Å². The minimum atomic E-state index is -3.62. The lowest BCUT2D eigenvalue weighted by molar-refractivity contribution is 0.466. The number of nitrogens with zero attached hydrogens (tertiary/aromatic N) is 2. The van der Waals surface area contributed by atoms with Gasteiger partial charge in [-0.15, -0.1) is 0 Å². The summed E-state index contributed by atoms with van der Waals surface area (Å²) in [6.07, 6.45) is 1.26. The Labute approximate surface area is 128 Å². The molecule has 8 heteroatoms. The fourth-order valence-electron chi connectivity index (χ4n) is 1.78. The van der Waals surface area contributed by atoms with E-state index < -0.39 is 10.0 Å². The van der Waals surface area contributed by atoms with Crippen molar-refractivity contribution in [1.82, 2.24) is 9.29 Å². The Morgan fingerprint density at radius 2 is 2.10 bits per heavy atom. The summed E-state index contributed by atoms with van der Waals surface area (Å²) in [5, 5.41) is 0.568. The second kappa shape index (κ2) is 6.40. The van der Waals surface area contributed by atoms with Gasteiger partial charge in [0.15, 0.2) is 0 Å². The highest BCUT2D eigenvalue weighted by Gasteiger charge is 2.21. The molecule has 112 valence electrons. The highest BCUT2D eigenvalue weighted by Crippen LogP contribution is 2.18. The van der Waals surface area contributed by atoms with Gasteiger partial charge in [-0.2, -0.15) is 4.31 Å².